The standard InChI is InChI=1S/C20H21NO3/c1-21(13-14-6-8-16(9-7-14)20(23)24)19(22)12-17-11-10-15-4-2-3-5-18(15)17/h2-9,17H,10-13H2,1H3,(H,23,24). The van der Waals surface area contributed by atoms with Gasteiger partial charge in [0.2, 0.25) is 5.91 Å². The molecular weight excluding hydrogens is 302 g/mol. The molecule has 0 heterocycles. The molecule has 0 radical (unpaired) electrons. The van der Waals surface area contributed by atoms with Gasteiger partial charge in [-0.1, -0.05) is 36.4 Å². The molecule has 0 bridgehead atoms. The fourth-order valence-electron chi connectivity index (χ4n) is 3.34. The third-order valence-corrected chi connectivity index (χ3v) is 4.72. The van der Waals surface area contributed by atoms with E-state index in [9.17, 15) is 9.59 Å². The highest BCUT2D eigenvalue weighted by Crippen LogP contribution is 2.35. The quantitative estimate of drug-likeness (QED) is 0.916. The van der Waals surface area contributed by atoms with Crippen LogP contribution < -0.4 is 0 Å². The lowest BCUT2D eigenvalue weighted by Crippen LogP contribution is -2.27. The first-order valence-corrected chi connectivity index (χ1v) is 8.18. The molecule has 24 heavy (non-hydrogen) atoms. The molecule has 1 aliphatic rings. The van der Waals surface area contributed by atoms with Gasteiger partial charge in [0.1, 0.15) is 0 Å². The van der Waals surface area contributed by atoms with E-state index >= 15 is 0 Å². The number of fused-ring (bicyclic) bond motifs is 1. The fraction of sp³-hybridized carbons (Fsp3) is 0.300. The van der Waals surface area contributed by atoms with Crippen molar-refractivity contribution in [1.29, 1.82) is 0 Å². The number of carboxylic acid groups (broad SMARTS) is 1. The molecule has 4 nitrogen and oxygen atoms in total. The Kier molecular flexibility index (Phi) is 4.65. The number of hydrogen-bond donors (Lipinski definition) is 1. The van der Waals surface area contributed by atoms with Gasteiger partial charge in [0.25, 0.3) is 0 Å². The second-order valence-corrected chi connectivity index (χ2v) is 6.39. The summed E-state index contributed by atoms with van der Waals surface area (Å²) in [5.74, 6) is -0.504. The van der Waals surface area contributed by atoms with Crippen molar-refractivity contribution in [1.82, 2.24) is 4.90 Å². The predicted octanol–water partition coefficient (Wildman–Crippen LogP) is 3.46. The molecule has 0 fully saturated rings. The second-order valence-electron chi connectivity index (χ2n) is 6.39. The van der Waals surface area contributed by atoms with Crippen molar-refractivity contribution in [3.05, 3.63) is 70.8 Å². The number of hydrogen-bond acceptors (Lipinski definition) is 2. The summed E-state index contributed by atoms with van der Waals surface area (Å²) in [5, 5.41) is 8.92. The summed E-state index contributed by atoms with van der Waals surface area (Å²) >= 11 is 0. The third-order valence-electron chi connectivity index (χ3n) is 4.72. The van der Waals surface area contributed by atoms with Crippen molar-refractivity contribution in [2.24, 2.45) is 0 Å². The van der Waals surface area contributed by atoms with Crippen LogP contribution in [0.3, 0.4) is 0 Å². The Hall–Kier alpha value is -2.62. The number of aryl methyl sites for hydroxylation is 1. The highest BCUT2D eigenvalue weighted by atomic mass is 16.4. The lowest BCUT2D eigenvalue weighted by atomic mass is 9.97. The van der Waals surface area contributed by atoms with Gasteiger partial charge in [-0.25, -0.2) is 4.79 Å². The summed E-state index contributed by atoms with van der Waals surface area (Å²) < 4.78 is 0. The zero-order chi connectivity index (χ0) is 17.1. The number of nitrogens with zero attached hydrogens (tertiary/aromatic N) is 1. The fourth-order valence-corrected chi connectivity index (χ4v) is 3.34. The van der Waals surface area contributed by atoms with Crippen molar-refractivity contribution in [2.75, 3.05) is 7.05 Å². The Morgan fingerprint density at radius 2 is 1.83 bits per heavy atom. The van der Waals surface area contributed by atoms with Crippen LogP contribution in [0.15, 0.2) is 48.5 Å². The first-order chi connectivity index (χ1) is 11.5. The van der Waals surface area contributed by atoms with Gasteiger partial charge >= 0.3 is 5.97 Å². The van der Waals surface area contributed by atoms with Crippen molar-refractivity contribution in [2.45, 2.75) is 31.7 Å². The van der Waals surface area contributed by atoms with E-state index in [2.05, 4.69) is 18.2 Å². The first-order valence-electron chi connectivity index (χ1n) is 8.18. The molecule has 124 valence electrons. The number of rotatable bonds is 5. The normalized spacial score (nSPS) is 15.8. The highest BCUT2D eigenvalue weighted by molar-refractivity contribution is 5.87. The Morgan fingerprint density at radius 1 is 1.12 bits per heavy atom. The predicted molar refractivity (Wildman–Crippen MR) is 92.0 cm³/mol. The van der Waals surface area contributed by atoms with Crippen LogP contribution in [-0.4, -0.2) is 28.9 Å². The lowest BCUT2D eigenvalue weighted by molar-refractivity contribution is -0.130. The average Bonchev–Trinajstić information content (AvgIpc) is 2.98. The molecule has 0 aromatic heterocycles. The summed E-state index contributed by atoms with van der Waals surface area (Å²) in [6.45, 7) is 0.493. The van der Waals surface area contributed by atoms with Gasteiger partial charge in [-0.2, -0.15) is 0 Å². The molecule has 1 N–H and O–H groups in total. The van der Waals surface area contributed by atoms with Crippen molar-refractivity contribution < 1.29 is 14.7 Å². The minimum Gasteiger partial charge on any atom is -0.478 e. The monoisotopic (exact) mass is 323 g/mol. The minimum absolute atomic E-state index is 0.124. The van der Waals surface area contributed by atoms with E-state index in [-0.39, 0.29) is 11.5 Å². The van der Waals surface area contributed by atoms with E-state index in [0.29, 0.717) is 18.9 Å². The molecule has 0 saturated carbocycles. The summed E-state index contributed by atoms with van der Waals surface area (Å²) in [7, 11) is 1.80. The molecule has 2 aromatic rings. The molecule has 3 rings (SSSR count). The number of amides is 1. The zero-order valence-electron chi connectivity index (χ0n) is 13.7. The van der Waals surface area contributed by atoms with Gasteiger partial charge in [-0.15, -0.1) is 0 Å². The van der Waals surface area contributed by atoms with Crippen LogP contribution in [0.1, 0.15) is 45.8 Å². The molecule has 1 atom stereocenters. The van der Waals surface area contributed by atoms with Gasteiger partial charge in [-0.3, -0.25) is 4.79 Å². The van der Waals surface area contributed by atoms with Crippen LogP contribution >= 0.6 is 0 Å². The maximum Gasteiger partial charge on any atom is 0.335 e. The summed E-state index contributed by atoms with van der Waals surface area (Å²) in [6.07, 6.45) is 2.61. The van der Waals surface area contributed by atoms with E-state index in [1.54, 1.807) is 36.2 Å². The molecule has 0 spiro atoms. The number of aromatic carboxylic acids is 1. The van der Waals surface area contributed by atoms with Gasteiger partial charge in [0.05, 0.1) is 5.56 Å². The highest BCUT2D eigenvalue weighted by Gasteiger charge is 2.25. The Morgan fingerprint density at radius 3 is 2.54 bits per heavy atom. The van der Waals surface area contributed by atoms with Gasteiger partial charge < -0.3 is 10.0 Å². The van der Waals surface area contributed by atoms with E-state index in [0.717, 1.165) is 18.4 Å². The molecule has 1 unspecified atom stereocenters. The molecular formula is C20H21NO3. The van der Waals surface area contributed by atoms with Crippen LogP contribution in [0.25, 0.3) is 0 Å². The molecule has 1 amide bonds. The maximum absolute atomic E-state index is 12.5. The summed E-state index contributed by atoms with van der Waals surface area (Å²) in [5.41, 5.74) is 3.87. The van der Waals surface area contributed by atoms with Crippen LogP contribution in [0, 0.1) is 0 Å². The third kappa shape index (κ3) is 3.48. The van der Waals surface area contributed by atoms with Crippen LogP contribution in [0.5, 0.6) is 0 Å². The molecule has 2 aromatic carbocycles. The molecule has 0 aliphatic heterocycles. The topological polar surface area (TPSA) is 57.6 Å². The van der Waals surface area contributed by atoms with E-state index in [1.165, 1.54) is 11.1 Å². The van der Waals surface area contributed by atoms with Crippen molar-refractivity contribution >= 4 is 11.9 Å². The number of carbonyl (C=O) groups is 2. The molecule has 4 heteroatoms. The van der Waals surface area contributed by atoms with E-state index < -0.39 is 5.97 Å². The van der Waals surface area contributed by atoms with Gasteiger partial charge in [-0.05, 0) is 47.6 Å². The van der Waals surface area contributed by atoms with Crippen molar-refractivity contribution in [3.8, 4) is 0 Å². The smallest absolute Gasteiger partial charge is 0.335 e. The number of carboxylic acids is 1. The average molecular weight is 323 g/mol. The second kappa shape index (κ2) is 6.87. The number of benzene rings is 2. The van der Waals surface area contributed by atoms with Gasteiger partial charge in [0.15, 0.2) is 0 Å². The van der Waals surface area contributed by atoms with E-state index in [4.69, 9.17) is 5.11 Å². The maximum atomic E-state index is 12.5. The van der Waals surface area contributed by atoms with Gasteiger partial charge in [0, 0.05) is 20.0 Å². The largest absolute Gasteiger partial charge is 0.478 e. The van der Waals surface area contributed by atoms with Crippen molar-refractivity contribution in [3.63, 3.8) is 0 Å². The lowest BCUT2D eigenvalue weighted by Gasteiger charge is -2.20. The minimum atomic E-state index is -0.939. The summed E-state index contributed by atoms with van der Waals surface area (Å²) in [4.78, 5) is 25.1. The SMILES string of the molecule is CN(Cc1ccc(C(=O)O)cc1)C(=O)CC1CCc2ccccc21. The molecule has 0 saturated heterocycles. The Bertz CT molecular complexity index is 752. The Balaban J connectivity index is 1.60. The van der Waals surface area contributed by atoms with Crippen LogP contribution in [-0.2, 0) is 17.8 Å². The summed E-state index contributed by atoms with van der Waals surface area (Å²) in [6, 6.07) is 15.0. The zero-order valence-corrected chi connectivity index (χ0v) is 13.7. The molecule has 1 aliphatic carbocycles. The Labute approximate surface area is 141 Å². The van der Waals surface area contributed by atoms with Crippen LogP contribution in [0.4, 0.5) is 0 Å². The van der Waals surface area contributed by atoms with Crippen LogP contribution in [0.2, 0.25) is 0 Å². The first kappa shape index (κ1) is 16.2. The number of carbonyl (C=O) groups excluding carboxylic acids is 1. The van der Waals surface area contributed by atoms with E-state index in [1.807, 2.05) is 6.07 Å².